The van der Waals surface area contributed by atoms with E-state index in [1.165, 1.54) is 212 Å². The first-order valence-corrected chi connectivity index (χ1v) is 40.3. The second-order valence-corrected chi connectivity index (χ2v) is 39.5. The van der Waals surface area contributed by atoms with E-state index < -0.39 is 15.8 Å². The van der Waals surface area contributed by atoms with Crippen LogP contribution in [0.1, 0.15) is 194 Å². The fourth-order valence-electron chi connectivity index (χ4n) is 21.3. The van der Waals surface area contributed by atoms with Gasteiger partial charge in [-0.25, -0.2) is 0 Å². The van der Waals surface area contributed by atoms with Crippen LogP contribution < -0.4 is 31.8 Å². The number of hydrogen-bond donors (Lipinski definition) is 0. The van der Waals surface area contributed by atoms with Crippen molar-refractivity contribution in [1.29, 1.82) is 0 Å². The summed E-state index contributed by atoms with van der Waals surface area (Å²) in [5, 5.41) is 8.61. The van der Waals surface area contributed by atoms with E-state index in [-0.39, 0.29) is 68.3 Å². The Bertz CT molecular complexity index is 2430. The van der Waals surface area contributed by atoms with Gasteiger partial charge in [-0.15, -0.1) is 0 Å². The normalized spacial score (nSPS) is 33.8. The van der Waals surface area contributed by atoms with Crippen molar-refractivity contribution in [3.8, 4) is 0 Å². The number of benzene rings is 6. The second kappa shape index (κ2) is 36.3. The number of hydrogen-bond acceptors (Lipinski definition) is 4. The minimum atomic E-state index is -0.877. The molecule has 6 aromatic carbocycles. The van der Waals surface area contributed by atoms with Crippen LogP contribution in [0.4, 0.5) is 0 Å². The summed E-state index contributed by atoms with van der Waals surface area (Å²) in [5.41, 5.74) is 0. The Morgan fingerprint density at radius 2 is 0.359 bits per heavy atom. The Labute approximate surface area is 625 Å². The molecule has 510 valence electrons. The minimum absolute atomic E-state index is 0. The molecule has 16 fully saturated rings. The third-order valence-electron chi connectivity index (χ3n) is 23.3. The molecule has 0 atom stereocenters. The van der Waals surface area contributed by atoms with Gasteiger partial charge < -0.3 is 50.5 Å². The Morgan fingerprint density at radius 1 is 0.239 bits per heavy atom. The quantitative estimate of drug-likeness (QED) is 0.0612. The van der Waals surface area contributed by atoms with Crippen LogP contribution in [-0.2, 0) is 119 Å². The molecule has 0 aromatic heterocycles. The van der Waals surface area contributed by atoms with Gasteiger partial charge in [-0.05, 0) is 221 Å². The van der Waals surface area contributed by atoms with Crippen LogP contribution in [0.5, 0.6) is 0 Å². The van der Waals surface area contributed by atoms with Crippen molar-refractivity contribution in [2.24, 2.45) is 71.0 Å². The van der Waals surface area contributed by atoms with Crippen LogP contribution in [0.15, 0.2) is 182 Å². The summed E-state index contributed by atoms with van der Waals surface area (Å²) >= 11 is 22.8. The maximum absolute atomic E-state index is 5.69. The molecule has 16 aliphatic carbocycles. The van der Waals surface area contributed by atoms with E-state index in [1.54, 1.807) is 0 Å². The third-order valence-corrected chi connectivity index (χ3v) is 30.7. The SMILES string of the molecule is CCCCCC.[Cu+].[Cu+].[Cu+].[Cu+].[S-]C12CC3CC(CC(C3)C1)C2.[S-]C12CC3CC(CC(C3)C1)C2.[S-]C12CC3CC(CC(C3)C1)C2.[S-]C12CC3CC(CC(C3)C1)C2.c1ccc([PH+](c2ccccc2)c2ccccc2)cc1.c1ccc([PH+](c2ccccc2)c2ccccc2)cc1. The molecule has 0 heterocycles. The molecule has 0 amide bonds. The minimum Gasteiger partial charge on any atom is -0.786 e. The molecule has 0 unspecified atom stereocenters. The van der Waals surface area contributed by atoms with Gasteiger partial charge >= 0.3 is 68.3 Å². The van der Waals surface area contributed by atoms with E-state index in [1.807, 2.05) is 0 Å². The fourth-order valence-corrected chi connectivity index (χ4v) is 29.2. The van der Waals surface area contributed by atoms with E-state index in [0.717, 1.165) is 71.0 Å². The zero-order chi connectivity index (χ0) is 60.6. The molecule has 6 aromatic rings. The first kappa shape index (κ1) is 77.4. The molecule has 10 heteroatoms. The van der Waals surface area contributed by atoms with E-state index in [2.05, 4.69) is 196 Å². The molecule has 0 N–H and O–H groups in total. The summed E-state index contributed by atoms with van der Waals surface area (Å²) in [5.74, 6) is 12.5. The van der Waals surface area contributed by atoms with E-state index in [0.29, 0.717) is 19.0 Å². The van der Waals surface area contributed by atoms with Crippen molar-refractivity contribution < 1.29 is 68.3 Å². The molecule has 0 nitrogen and oxygen atoms in total. The Balaban J connectivity index is 0.000000140. The first-order chi connectivity index (χ1) is 42.8. The Hall–Kier alpha value is -0.342. The van der Waals surface area contributed by atoms with Crippen LogP contribution in [0, 0.1) is 71.0 Å². The van der Waals surface area contributed by atoms with Gasteiger partial charge in [-0.3, -0.25) is 0 Å². The van der Waals surface area contributed by atoms with Gasteiger partial charge in [0.05, 0.1) is 15.8 Å². The molecule has 92 heavy (non-hydrogen) atoms. The van der Waals surface area contributed by atoms with Gasteiger partial charge in [0.25, 0.3) is 0 Å². The molecule has 0 saturated heterocycles. The van der Waals surface area contributed by atoms with Crippen molar-refractivity contribution in [3.05, 3.63) is 182 Å². The van der Waals surface area contributed by atoms with Crippen molar-refractivity contribution in [2.45, 2.75) is 213 Å². The maximum atomic E-state index is 5.69. The monoisotopic (exact) mass is 1530 g/mol. The Morgan fingerprint density at radius 3 is 0.457 bits per heavy atom. The molecule has 0 aliphatic heterocycles. The fraction of sp³-hybridized carbons (Fsp3) is 0.561. The van der Waals surface area contributed by atoms with Gasteiger partial charge in [-0.2, -0.15) is 19.0 Å². The molecular formula is C82H106Cu4P2S4+2. The zero-order valence-electron chi connectivity index (χ0n) is 54.9. The van der Waals surface area contributed by atoms with E-state index in [4.69, 9.17) is 50.5 Å². The molecule has 16 aliphatic rings. The molecule has 22 rings (SSSR count). The van der Waals surface area contributed by atoms with Crippen molar-refractivity contribution in [1.82, 2.24) is 0 Å². The van der Waals surface area contributed by atoms with Crippen LogP contribution in [0.25, 0.3) is 0 Å². The van der Waals surface area contributed by atoms with Gasteiger partial charge in [0.2, 0.25) is 0 Å². The van der Waals surface area contributed by atoms with Crippen LogP contribution >= 0.6 is 15.8 Å². The predicted molar refractivity (Wildman–Crippen MR) is 396 cm³/mol. The average Bonchev–Trinajstić information content (AvgIpc) is 0.789. The molecule has 0 spiro atoms. The number of unbranched alkanes of at least 4 members (excludes halogenated alkanes) is 3. The van der Waals surface area contributed by atoms with E-state index >= 15 is 0 Å². The number of rotatable bonds is 9. The predicted octanol–water partition coefficient (Wildman–Crippen LogP) is 18.9. The third kappa shape index (κ3) is 21.1. The summed E-state index contributed by atoms with van der Waals surface area (Å²) < 4.78 is 1.53. The molecule has 0 radical (unpaired) electrons. The summed E-state index contributed by atoms with van der Waals surface area (Å²) in [7, 11) is -1.75. The molecule has 16 saturated carbocycles. The van der Waals surface area contributed by atoms with E-state index in [9.17, 15) is 0 Å². The Kier molecular flexibility index (Phi) is 30.6. The van der Waals surface area contributed by atoms with Crippen molar-refractivity contribution in [2.75, 3.05) is 0 Å². The second-order valence-electron chi connectivity index (χ2n) is 31.1. The van der Waals surface area contributed by atoms with Gasteiger partial charge in [0, 0.05) is 0 Å². The molecular weight excluding hydrogens is 1430 g/mol. The van der Waals surface area contributed by atoms with Crippen molar-refractivity contribution >= 4 is 98.2 Å². The van der Waals surface area contributed by atoms with Crippen LogP contribution in [-0.4, -0.2) is 19.0 Å². The van der Waals surface area contributed by atoms with Crippen LogP contribution in [0.2, 0.25) is 0 Å². The summed E-state index contributed by atoms with van der Waals surface area (Å²) in [6, 6.07) is 65.0. The van der Waals surface area contributed by atoms with Gasteiger partial charge in [-0.1, -0.05) is 226 Å². The van der Waals surface area contributed by atoms with Gasteiger partial charge in [0.15, 0.2) is 0 Å². The molecule has 16 bridgehead atoms. The average molecular weight is 1540 g/mol. The topological polar surface area (TPSA) is 0 Å². The summed E-state index contributed by atoms with van der Waals surface area (Å²) in [6.07, 6.45) is 40.4. The standard InChI is InChI=1S/2C18H15P.4C10H16S.C6H14.4Cu/c2*1-4-10-16(11-5-1)19(17-12-6-2-7-13-17)18-14-8-3-9-15-18;4*11-10-4-7-1-8(5-10)3-9(2-7)6-10;1-3-5-6-4-2;;;;/h2*1-15H;4*7-9,11H,1-6H2;3-6H2,1-2H3;;;;/q;;;;;;;4*+1/p-2. The summed E-state index contributed by atoms with van der Waals surface area (Å²) in [6.45, 7) is 4.46. The first-order valence-electron chi connectivity index (χ1n) is 35.6. The zero-order valence-corrected chi connectivity index (χ0v) is 63.9. The van der Waals surface area contributed by atoms with Crippen molar-refractivity contribution in [3.63, 3.8) is 0 Å². The summed E-state index contributed by atoms with van der Waals surface area (Å²) in [4.78, 5) is 0. The largest absolute Gasteiger partial charge is 1.00 e. The van der Waals surface area contributed by atoms with Crippen LogP contribution in [0.3, 0.4) is 0 Å². The van der Waals surface area contributed by atoms with Gasteiger partial charge in [0.1, 0.15) is 31.8 Å². The maximum Gasteiger partial charge on any atom is 1.00 e. The smallest absolute Gasteiger partial charge is 0.786 e.